The van der Waals surface area contributed by atoms with Gasteiger partial charge in [0.15, 0.2) is 0 Å². The minimum atomic E-state index is 0.815. The highest BCUT2D eigenvalue weighted by Gasteiger charge is 2.21. The van der Waals surface area contributed by atoms with Crippen molar-refractivity contribution in [1.82, 2.24) is 0 Å². The molecule has 0 saturated heterocycles. The van der Waals surface area contributed by atoms with Crippen molar-refractivity contribution in [2.75, 3.05) is 0 Å². The van der Waals surface area contributed by atoms with Crippen LogP contribution in [0.15, 0.2) is 46.4 Å². The fraction of sp³-hybridized carbons (Fsp3) is 0.0833. The van der Waals surface area contributed by atoms with Crippen LogP contribution in [0.1, 0.15) is 12.0 Å². The summed E-state index contributed by atoms with van der Waals surface area (Å²) in [4.78, 5) is 4.55. The lowest BCUT2D eigenvalue weighted by Crippen LogP contribution is -1.99. The van der Waals surface area contributed by atoms with Gasteiger partial charge in [-0.3, -0.25) is 4.99 Å². The molecule has 1 aliphatic heterocycles. The zero-order chi connectivity index (χ0) is 9.54. The number of aliphatic imine (C=N–C) groups is 1. The van der Waals surface area contributed by atoms with E-state index in [0.717, 1.165) is 22.9 Å². The average Bonchev–Trinajstić information content (AvgIpc) is 2.56. The lowest BCUT2D eigenvalue weighted by Gasteiger charge is -2.07. The molecule has 1 aromatic carbocycles. The van der Waals surface area contributed by atoms with Gasteiger partial charge in [-0.15, -0.1) is 0 Å². The lowest BCUT2D eigenvalue weighted by molar-refractivity contribution is 1.43. The van der Waals surface area contributed by atoms with E-state index >= 15 is 0 Å². The highest BCUT2D eigenvalue weighted by atomic mass is 35.5. The van der Waals surface area contributed by atoms with Gasteiger partial charge in [0.05, 0.1) is 11.4 Å². The van der Waals surface area contributed by atoms with Gasteiger partial charge in [0.25, 0.3) is 0 Å². The lowest BCUT2D eigenvalue weighted by atomic mass is 9.97. The first-order valence-electron chi connectivity index (χ1n) is 4.59. The van der Waals surface area contributed by atoms with Gasteiger partial charge < -0.3 is 0 Å². The van der Waals surface area contributed by atoms with Gasteiger partial charge in [0.1, 0.15) is 0 Å². The third-order valence-electron chi connectivity index (χ3n) is 2.53. The summed E-state index contributed by atoms with van der Waals surface area (Å²) < 4.78 is 0. The van der Waals surface area contributed by atoms with Crippen LogP contribution < -0.4 is 0 Å². The number of benzene rings is 1. The fourth-order valence-corrected chi connectivity index (χ4v) is 2.05. The maximum atomic E-state index is 5.98. The maximum Gasteiger partial charge on any atom is 0.0712 e. The minimum absolute atomic E-state index is 0.815. The van der Waals surface area contributed by atoms with Crippen LogP contribution in [-0.4, -0.2) is 5.71 Å². The highest BCUT2D eigenvalue weighted by molar-refractivity contribution is 6.37. The maximum absolute atomic E-state index is 5.98. The molecule has 0 unspecified atom stereocenters. The van der Waals surface area contributed by atoms with Gasteiger partial charge >= 0.3 is 0 Å². The summed E-state index contributed by atoms with van der Waals surface area (Å²) in [5.41, 5.74) is 4.59. The molecule has 1 aliphatic carbocycles. The van der Waals surface area contributed by atoms with E-state index in [1.807, 2.05) is 30.4 Å². The summed E-state index contributed by atoms with van der Waals surface area (Å²) in [5.74, 6) is 0. The van der Waals surface area contributed by atoms with E-state index in [9.17, 15) is 0 Å². The smallest absolute Gasteiger partial charge is 0.0712 e. The Balaban J connectivity index is 2.23. The van der Waals surface area contributed by atoms with Crippen molar-refractivity contribution < 1.29 is 0 Å². The third kappa shape index (κ3) is 1.06. The Labute approximate surface area is 87.4 Å². The molecule has 3 rings (SSSR count). The Morgan fingerprint density at radius 1 is 1.21 bits per heavy atom. The van der Waals surface area contributed by atoms with Crippen molar-refractivity contribution in [3.05, 3.63) is 47.0 Å². The molecule has 0 N–H and O–H groups in total. The van der Waals surface area contributed by atoms with Crippen LogP contribution in [0.2, 0.25) is 0 Å². The number of nitrogens with zero attached hydrogens (tertiary/aromatic N) is 1. The van der Waals surface area contributed by atoms with Crippen molar-refractivity contribution in [3.8, 4) is 0 Å². The van der Waals surface area contributed by atoms with E-state index in [0.29, 0.717) is 0 Å². The van der Waals surface area contributed by atoms with Gasteiger partial charge in [0.2, 0.25) is 0 Å². The first-order valence-corrected chi connectivity index (χ1v) is 4.97. The normalized spacial score (nSPS) is 17.9. The van der Waals surface area contributed by atoms with E-state index in [1.165, 1.54) is 11.1 Å². The van der Waals surface area contributed by atoms with Crippen LogP contribution in [0.3, 0.4) is 0 Å². The van der Waals surface area contributed by atoms with Gasteiger partial charge in [0, 0.05) is 22.6 Å². The summed E-state index contributed by atoms with van der Waals surface area (Å²) >= 11 is 5.98. The molecule has 68 valence electrons. The van der Waals surface area contributed by atoms with Crippen LogP contribution in [0.25, 0.3) is 5.57 Å². The number of hydrogen-bond donors (Lipinski definition) is 0. The molecule has 2 aliphatic rings. The van der Waals surface area contributed by atoms with Gasteiger partial charge in [-0.2, -0.15) is 0 Å². The van der Waals surface area contributed by atoms with Gasteiger partial charge in [-0.25, -0.2) is 0 Å². The van der Waals surface area contributed by atoms with Gasteiger partial charge in [-0.05, 0) is 12.1 Å². The molecule has 0 radical (unpaired) electrons. The minimum Gasteiger partial charge on any atom is -0.252 e. The summed E-state index contributed by atoms with van der Waals surface area (Å²) in [5, 5.41) is 0.815. The first-order chi connectivity index (χ1) is 6.84. The SMILES string of the molecule is ClC1=CCC2=Nc3ccccc3C2=C1. The highest BCUT2D eigenvalue weighted by Crippen LogP contribution is 2.38. The summed E-state index contributed by atoms with van der Waals surface area (Å²) in [6.45, 7) is 0. The molecule has 0 aromatic heterocycles. The molecule has 0 atom stereocenters. The van der Waals surface area contributed by atoms with E-state index in [2.05, 4.69) is 11.1 Å². The summed E-state index contributed by atoms with van der Waals surface area (Å²) in [6.07, 6.45) is 4.84. The molecule has 2 heteroatoms. The molecular formula is C12H8ClN. The monoisotopic (exact) mass is 201 g/mol. The predicted molar refractivity (Wildman–Crippen MR) is 60.1 cm³/mol. The summed E-state index contributed by atoms with van der Waals surface area (Å²) in [7, 11) is 0. The van der Waals surface area contributed by atoms with Crippen LogP contribution in [0.5, 0.6) is 0 Å². The van der Waals surface area contributed by atoms with Crippen molar-refractivity contribution in [1.29, 1.82) is 0 Å². The molecule has 14 heavy (non-hydrogen) atoms. The number of halogens is 1. The Morgan fingerprint density at radius 2 is 2.07 bits per heavy atom. The van der Waals surface area contributed by atoms with Crippen LogP contribution in [0.4, 0.5) is 5.69 Å². The predicted octanol–water partition coefficient (Wildman–Crippen LogP) is 3.68. The molecule has 0 amide bonds. The molecular weight excluding hydrogens is 194 g/mol. The second kappa shape index (κ2) is 2.82. The number of fused-ring (bicyclic) bond motifs is 3. The number of hydrogen-bond acceptors (Lipinski definition) is 1. The molecule has 0 spiro atoms. The zero-order valence-electron chi connectivity index (χ0n) is 7.50. The Bertz CT molecular complexity index is 495. The molecule has 1 nitrogen and oxygen atoms in total. The van der Waals surface area contributed by atoms with Crippen molar-refractivity contribution in [2.45, 2.75) is 6.42 Å². The Morgan fingerprint density at radius 3 is 3.00 bits per heavy atom. The molecule has 1 heterocycles. The Kier molecular flexibility index (Phi) is 1.62. The van der Waals surface area contributed by atoms with Crippen LogP contribution in [0, 0.1) is 0 Å². The average molecular weight is 202 g/mol. The molecule has 1 aromatic rings. The van der Waals surface area contributed by atoms with E-state index in [4.69, 9.17) is 11.6 Å². The quantitative estimate of drug-likeness (QED) is 0.607. The topological polar surface area (TPSA) is 12.4 Å². The fourth-order valence-electron chi connectivity index (χ4n) is 1.87. The molecule has 0 fully saturated rings. The molecule has 0 bridgehead atoms. The summed E-state index contributed by atoms with van der Waals surface area (Å²) in [6, 6.07) is 8.17. The van der Waals surface area contributed by atoms with Gasteiger partial charge in [-0.1, -0.05) is 35.9 Å². The van der Waals surface area contributed by atoms with Crippen LogP contribution in [-0.2, 0) is 0 Å². The zero-order valence-corrected chi connectivity index (χ0v) is 8.25. The third-order valence-corrected chi connectivity index (χ3v) is 2.80. The van der Waals surface area contributed by atoms with Crippen molar-refractivity contribution in [2.24, 2.45) is 4.99 Å². The number of allylic oxidation sites excluding steroid dienone is 4. The largest absolute Gasteiger partial charge is 0.252 e. The number of rotatable bonds is 0. The van der Waals surface area contributed by atoms with Crippen molar-refractivity contribution >= 4 is 28.6 Å². The van der Waals surface area contributed by atoms with E-state index in [1.54, 1.807) is 0 Å². The second-order valence-corrected chi connectivity index (χ2v) is 3.86. The first kappa shape index (κ1) is 8.01. The standard InChI is InChI=1S/C12H8ClN/c13-8-5-6-12-10(7-8)9-3-1-2-4-11(9)14-12/h1-5,7H,6H2. The second-order valence-electron chi connectivity index (χ2n) is 3.43. The van der Waals surface area contributed by atoms with Crippen molar-refractivity contribution in [3.63, 3.8) is 0 Å². The van der Waals surface area contributed by atoms with E-state index < -0.39 is 0 Å². The van der Waals surface area contributed by atoms with Crippen LogP contribution >= 0.6 is 11.6 Å². The molecule has 0 saturated carbocycles. The number of para-hydroxylation sites is 1. The Hall–Kier alpha value is -1.34. The van der Waals surface area contributed by atoms with E-state index in [-0.39, 0.29) is 0 Å².